The first-order valence-corrected chi connectivity index (χ1v) is 13.6. The Hall–Kier alpha value is 0.690. The maximum atomic E-state index is 2.34. The molecule has 0 unspecified atom stereocenters. The van der Waals surface area contributed by atoms with Crippen molar-refractivity contribution in [3.8, 4) is 0 Å². The second-order valence-corrected chi connectivity index (χ2v) is 9.54. The summed E-state index contributed by atoms with van der Waals surface area (Å²) in [4.78, 5) is 0. The molecule has 0 aliphatic rings. The zero-order valence-electron chi connectivity index (χ0n) is 21.1. The number of hydrogen-bond donors (Lipinski definition) is 0. The highest BCUT2D eigenvalue weighted by molar-refractivity contribution is 4.54. The Morgan fingerprint density at radius 1 is 0.310 bits per heavy atom. The molecule has 0 aromatic carbocycles. The van der Waals surface area contributed by atoms with E-state index >= 15 is 0 Å². The fourth-order valence-corrected chi connectivity index (χ4v) is 4.70. The molecule has 0 radical (unpaired) electrons. The predicted octanol–water partition coefficient (Wildman–Crippen LogP) is 6.30. The van der Waals surface area contributed by atoms with Crippen molar-refractivity contribution in [1.82, 2.24) is 0 Å². The van der Waals surface area contributed by atoms with Crippen LogP contribution in [0.4, 0.5) is 0 Å². The third-order valence-electron chi connectivity index (χ3n) is 6.69. The van der Waals surface area contributed by atoms with Crippen molar-refractivity contribution >= 4 is 0 Å². The Kier molecular flexibility index (Phi) is 27.4. The third kappa shape index (κ3) is 20.4. The van der Waals surface area contributed by atoms with Crippen LogP contribution < -0.4 is 24.0 Å². The van der Waals surface area contributed by atoms with Crippen LogP contribution in [-0.4, -0.2) is 30.7 Å². The van der Waals surface area contributed by atoms with Crippen molar-refractivity contribution in [2.24, 2.45) is 0 Å². The molecule has 0 aliphatic heterocycles. The average molecular weight is 524 g/mol. The van der Waals surface area contributed by atoms with Gasteiger partial charge in [-0.25, -0.2) is 0 Å². The third-order valence-corrected chi connectivity index (χ3v) is 6.69. The topological polar surface area (TPSA) is 0 Å². The van der Waals surface area contributed by atoms with Gasteiger partial charge in [-0.2, -0.15) is 0 Å². The molecule has 0 fully saturated rings. The van der Waals surface area contributed by atoms with Gasteiger partial charge in [0.25, 0.3) is 0 Å². The predicted molar refractivity (Wildman–Crippen MR) is 130 cm³/mol. The number of nitrogens with zero attached hydrogens (tertiary/aromatic N) is 1. The van der Waals surface area contributed by atoms with Crippen molar-refractivity contribution in [3.63, 3.8) is 0 Å². The number of rotatable bonds is 23. The highest BCUT2D eigenvalue weighted by atomic mass is 127. The molecule has 0 saturated heterocycles. The monoisotopic (exact) mass is 523 g/mol. The lowest BCUT2D eigenvalue weighted by molar-refractivity contribution is -0.929. The van der Waals surface area contributed by atoms with E-state index in [1.807, 2.05) is 0 Å². The van der Waals surface area contributed by atoms with E-state index in [0.717, 1.165) is 0 Å². The minimum absolute atomic E-state index is 0. The molecule has 0 N–H and O–H groups in total. The van der Waals surface area contributed by atoms with Crippen molar-refractivity contribution in [1.29, 1.82) is 0 Å². The quantitative estimate of drug-likeness (QED) is 0.0838. The van der Waals surface area contributed by atoms with Gasteiger partial charge in [0.2, 0.25) is 0 Å². The van der Waals surface area contributed by atoms with Crippen molar-refractivity contribution in [2.75, 3.05) is 26.2 Å². The lowest BCUT2D eigenvalue weighted by Crippen LogP contribution is -3.00. The summed E-state index contributed by atoms with van der Waals surface area (Å²) in [5.74, 6) is 0. The van der Waals surface area contributed by atoms with Gasteiger partial charge in [-0.05, 0) is 51.4 Å². The van der Waals surface area contributed by atoms with E-state index in [9.17, 15) is 0 Å². The zero-order valence-corrected chi connectivity index (χ0v) is 23.2. The Morgan fingerprint density at radius 2 is 0.517 bits per heavy atom. The molecule has 0 saturated carbocycles. The smallest absolute Gasteiger partial charge is 0.0786 e. The highest BCUT2D eigenvalue weighted by Crippen LogP contribution is 2.20. The minimum Gasteiger partial charge on any atom is -1.00 e. The van der Waals surface area contributed by atoms with Crippen LogP contribution in [0.15, 0.2) is 0 Å². The van der Waals surface area contributed by atoms with Gasteiger partial charge < -0.3 is 28.5 Å². The average Bonchev–Trinajstić information content (AvgIpc) is 2.71. The Balaban J connectivity index is 0. The van der Waals surface area contributed by atoms with E-state index in [4.69, 9.17) is 0 Å². The van der Waals surface area contributed by atoms with E-state index in [1.54, 1.807) is 0 Å². The summed E-state index contributed by atoms with van der Waals surface area (Å²) in [5.41, 5.74) is 0. The van der Waals surface area contributed by atoms with E-state index in [1.165, 1.54) is 153 Å². The molecule has 0 rings (SSSR count). The largest absolute Gasteiger partial charge is 1.00 e. The number of hydrogen-bond acceptors (Lipinski definition) is 0. The summed E-state index contributed by atoms with van der Waals surface area (Å²) in [7, 11) is 0. The molecule has 0 bridgehead atoms. The first kappa shape index (κ1) is 31.9. The van der Waals surface area contributed by atoms with E-state index in [2.05, 4.69) is 27.7 Å². The normalized spacial score (nSPS) is 11.6. The Bertz CT molecular complexity index is 261. The minimum atomic E-state index is 0. The molecule has 0 amide bonds. The molecular weight excluding hydrogens is 465 g/mol. The summed E-state index contributed by atoms with van der Waals surface area (Å²) in [6, 6.07) is 0. The summed E-state index contributed by atoms with van der Waals surface area (Å²) in [6.45, 7) is 15.2. The van der Waals surface area contributed by atoms with Gasteiger partial charge in [-0.1, -0.05) is 98.3 Å². The molecule has 2 heteroatoms. The maximum absolute atomic E-state index is 2.34. The Labute approximate surface area is 203 Å². The number of halogens is 1. The second-order valence-electron chi connectivity index (χ2n) is 9.54. The van der Waals surface area contributed by atoms with Crippen molar-refractivity contribution in [2.45, 2.75) is 150 Å². The van der Waals surface area contributed by atoms with E-state index in [0.29, 0.717) is 0 Å². The second kappa shape index (κ2) is 25.0. The van der Waals surface area contributed by atoms with E-state index in [-0.39, 0.29) is 24.0 Å². The van der Waals surface area contributed by atoms with Crippen LogP contribution in [0, 0.1) is 0 Å². The lowest BCUT2D eigenvalue weighted by Gasteiger charge is -2.39. The van der Waals surface area contributed by atoms with Gasteiger partial charge in [-0.3, -0.25) is 0 Å². The van der Waals surface area contributed by atoms with Gasteiger partial charge >= 0.3 is 0 Å². The lowest BCUT2D eigenvalue weighted by atomic mass is 10.1. The van der Waals surface area contributed by atoms with Crippen LogP contribution in [0.25, 0.3) is 0 Å². The summed E-state index contributed by atoms with van der Waals surface area (Å²) in [5, 5.41) is 0. The highest BCUT2D eigenvalue weighted by Gasteiger charge is 2.25. The van der Waals surface area contributed by atoms with Gasteiger partial charge in [-0.15, -0.1) is 0 Å². The molecule has 0 aromatic heterocycles. The van der Waals surface area contributed by atoms with Gasteiger partial charge in [0.05, 0.1) is 26.2 Å². The molecule has 0 spiro atoms. The zero-order chi connectivity index (χ0) is 20.8. The molecule has 0 aliphatic carbocycles. The Morgan fingerprint density at radius 3 is 0.793 bits per heavy atom. The SMILES string of the molecule is CCCCCCCCC[N+](CCCCCC)(CCCCCC)CCCCCC.[I-]. The summed E-state index contributed by atoms with van der Waals surface area (Å²) < 4.78 is 1.46. The molecule has 29 heavy (non-hydrogen) atoms. The van der Waals surface area contributed by atoms with E-state index < -0.39 is 0 Å². The molecule has 0 atom stereocenters. The number of unbranched alkanes of at least 4 members (excludes halogenated alkanes) is 15. The van der Waals surface area contributed by atoms with Crippen LogP contribution in [0.5, 0.6) is 0 Å². The van der Waals surface area contributed by atoms with Crippen molar-refractivity contribution < 1.29 is 28.5 Å². The molecule has 1 nitrogen and oxygen atoms in total. The van der Waals surface area contributed by atoms with Crippen LogP contribution in [0.2, 0.25) is 0 Å². The summed E-state index contributed by atoms with van der Waals surface area (Å²) in [6.07, 6.45) is 27.3. The first-order valence-electron chi connectivity index (χ1n) is 13.6. The van der Waals surface area contributed by atoms with Crippen LogP contribution in [-0.2, 0) is 0 Å². The first-order chi connectivity index (χ1) is 13.7. The molecular formula is C27H58IN. The fourth-order valence-electron chi connectivity index (χ4n) is 4.70. The summed E-state index contributed by atoms with van der Waals surface area (Å²) >= 11 is 0. The fraction of sp³-hybridized carbons (Fsp3) is 1.00. The van der Waals surface area contributed by atoms with Gasteiger partial charge in [0, 0.05) is 0 Å². The maximum Gasteiger partial charge on any atom is 0.0786 e. The van der Waals surface area contributed by atoms with Crippen LogP contribution >= 0.6 is 0 Å². The number of quaternary nitrogens is 1. The standard InChI is InChI=1S/C27H58N.HI/c1-5-9-13-17-18-19-23-27-28(24-20-14-10-6-2,25-21-15-11-7-3)26-22-16-12-8-4;/h5-27H2,1-4H3;1H/q+1;/p-1. The van der Waals surface area contributed by atoms with Crippen LogP contribution in [0.3, 0.4) is 0 Å². The molecule has 0 heterocycles. The molecule has 178 valence electrons. The van der Waals surface area contributed by atoms with Gasteiger partial charge in [0.15, 0.2) is 0 Å². The van der Waals surface area contributed by atoms with Crippen LogP contribution in [0.1, 0.15) is 150 Å². The molecule has 0 aromatic rings. The van der Waals surface area contributed by atoms with Gasteiger partial charge in [0.1, 0.15) is 0 Å². The van der Waals surface area contributed by atoms with Crippen molar-refractivity contribution in [3.05, 3.63) is 0 Å².